The second-order valence-electron chi connectivity index (χ2n) is 6.73. The van der Waals surface area contributed by atoms with Gasteiger partial charge in [-0.05, 0) is 37.6 Å². The Kier molecular flexibility index (Phi) is 3.92. The second kappa shape index (κ2) is 5.48. The van der Waals surface area contributed by atoms with Crippen molar-refractivity contribution < 1.29 is 4.74 Å². The highest BCUT2D eigenvalue weighted by molar-refractivity contribution is 4.94. The zero-order valence-electron chi connectivity index (χ0n) is 11.8. The van der Waals surface area contributed by atoms with E-state index in [0.717, 1.165) is 38.1 Å². The van der Waals surface area contributed by atoms with Gasteiger partial charge in [-0.25, -0.2) is 0 Å². The number of fused-ring (bicyclic) bond motifs is 1. The molecule has 3 unspecified atom stereocenters. The molecule has 2 saturated heterocycles. The molecule has 1 aliphatic carbocycles. The molecular formula is C15H28N2O. The minimum atomic E-state index is 0.397. The number of hydrogen-bond donors (Lipinski definition) is 1. The fourth-order valence-corrected chi connectivity index (χ4v) is 4.30. The molecule has 2 heterocycles. The molecule has 104 valence electrons. The van der Waals surface area contributed by atoms with Crippen molar-refractivity contribution in [3.63, 3.8) is 0 Å². The second-order valence-corrected chi connectivity index (χ2v) is 6.73. The van der Waals surface area contributed by atoms with Crippen LogP contribution in [0.4, 0.5) is 0 Å². The van der Waals surface area contributed by atoms with Crippen LogP contribution >= 0.6 is 0 Å². The molecule has 1 N–H and O–H groups in total. The fourth-order valence-electron chi connectivity index (χ4n) is 4.30. The van der Waals surface area contributed by atoms with Gasteiger partial charge in [0.05, 0.1) is 6.61 Å². The average Bonchev–Trinajstić information content (AvgIpc) is 3.03. The fraction of sp³-hybridized carbons (Fsp3) is 1.00. The van der Waals surface area contributed by atoms with Crippen LogP contribution in [0, 0.1) is 17.3 Å². The smallest absolute Gasteiger partial charge is 0.0547 e. The standard InChI is InChI=1S/C15H28N2O/c1-2-16-10-15(6-7-18-12-15)11-17-8-13-4-3-5-14(13)9-17/h13-14,16H,2-12H2,1H3. The molecule has 3 aliphatic rings. The van der Waals surface area contributed by atoms with Gasteiger partial charge >= 0.3 is 0 Å². The Morgan fingerprint density at radius 3 is 2.67 bits per heavy atom. The summed E-state index contributed by atoms with van der Waals surface area (Å²) in [7, 11) is 0. The van der Waals surface area contributed by atoms with Crippen LogP contribution in [-0.2, 0) is 4.74 Å². The first kappa shape index (κ1) is 12.9. The summed E-state index contributed by atoms with van der Waals surface area (Å²) in [6, 6.07) is 0. The number of likely N-dealkylation sites (tertiary alicyclic amines) is 1. The van der Waals surface area contributed by atoms with E-state index >= 15 is 0 Å². The Hall–Kier alpha value is -0.120. The van der Waals surface area contributed by atoms with Gasteiger partial charge in [-0.15, -0.1) is 0 Å². The third-order valence-corrected chi connectivity index (χ3v) is 5.30. The van der Waals surface area contributed by atoms with Crippen LogP contribution in [0.2, 0.25) is 0 Å². The van der Waals surface area contributed by atoms with Crippen molar-refractivity contribution in [3.8, 4) is 0 Å². The quantitative estimate of drug-likeness (QED) is 0.806. The Morgan fingerprint density at radius 1 is 1.28 bits per heavy atom. The van der Waals surface area contributed by atoms with Crippen LogP contribution in [0.3, 0.4) is 0 Å². The van der Waals surface area contributed by atoms with Crippen molar-refractivity contribution >= 4 is 0 Å². The summed E-state index contributed by atoms with van der Waals surface area (Å²) >= 11 is 0. The lowest BCUT2D eigenvalue weighted by molar-refractivity contribution is 0.115. The predicted octanol–water partition coefficient (Wildman–Crippen LogP) is 1.73. The van der Waals surface area contributed by atoms with Crippen LogP contribution in [0.5, 0.6) is 0 Å². The molecule has 3 nitrogen and oxygen atoms in total. The topological polar surface area (TPSA) is 24.5 Å². The first-order valence-corrected chi connectivity index (χ1v) is 7.82. The third-order valence-electron chi connectivity index (χ3n) is 5.30. The monoisotopic (exact) mass is 252 g/mol. The molecule has 3 atom stereocenters. The Balaban J connectivity index is 1.56. The van der Waals surface area contributed by atoms with Gasteiger partial charge in [-0.2, -0.15) is 0 Å². The lowest BCUT2D eigenvalue weighted by Crippen LogP contribution is -2.44. The van der Waals surface area contributed by atoms with Gasteiger partial charge in [0.1, 0.15) is 0 Å². The molecule has 0 aromatic heterocycles. The van der Waals surface area contributed by atoms with Crippen molar-refractivity contribution in [1.82, 2.24) is 10.2 Å². The van der Waals surface area contributed by atoms with E-state index in [9.17, 15) is 0 Å². The maximum Gasteiger partial charge on any atom is 0.0547 e. The SMILES string of the molecule is CCNCC1(CN2CC3CCCC3C2)CCOC1. The highest BCUT2D eigenvalue weighted by Gasteiger charge is 2.41. The van der Waals surface area contributed by atoms with Crippen LogP contribution < -0.4 is 5.32 Å². The van der Waals surface area contributed by atoms with Gasteiger partial charge in [-0.3, -0.25) is 0 Å². The van der Waals surface area contributed by atoms with E-state index < -0.39 is 0 Å². The summed E-state index contributed by atoms with van der Waals surface area (Å²) in [4.78, 5) is 2.74. The normalized spacial score (nSPS) is 40.5. The van der Waals surface area contributed by atoms with E-state index in [1.54, 1.807) is 0 Å². The largest absolute Gasteiger partial charge is 0.381 e. The van der Waals surface area contributed by atoms with Crippen LogP contribution in [-0.4, -0.2) is 50.8 Å². The summed E-state index contributed by atoms with van der Waals surface area (Å²) in [5, 5.41) is 3.55. The summed E-state index contributed by atoms with van der Waals surface area (Å²) in [6.45, 7) is 10.3. The number of rotatable bonds is 5. The van der Waals surface area contributed by atoms with Crippen molar-refractivity contribution in [1.29, 1.82) is 0 Å². The average molecular weight is 252 g/mol. The molecule has 0 aromatic rings. The van der Waals surface area contributed by atoms with E-state index in [0.29, 0.717) is 5.41 Å². The molecule has 1 saturated carbocycles. The first-order chi connectivity index (χ1) is 8.81. The Morgan fingerprint density at radius 2 is 2.06 bits per heavy atom. The van der Waals surface area contributed by atoms with E-state index in [4.69, 9.17) is 4.74 Å². The van der Waals surface area contributed by atoms with Gasteiger partial charge in [-0.1, -0.05) is 13.3 Å². The lowest BCUT2D eigenvalue weighted by Gasteiger charge is -2.32. The maximum atomic E-state index is 5.70. The maximum absolute atomic E-state index is 5.70. The van der Waals surface area contributed by atoms with Gasteiger partial charge in [0.2, 0.25) is 0 Å². The number of nitrogens with zero attached hydrogens (tertiary/aromatic N) is 1. The lowest BCUT2D eigenvalue weighted by atomic mass is 9.86. The zero-order chi connectivity index (χ0) is 12.4. The highest BCUT2D eigenvalue weighted by atomic mass is 16.5. The molecule has 18 heavy (non-hydrogen) atoms. The number of hydrogen-bond acceptors (Lipinski definition) is 3. The van der Waals surface area contributed by atoms with Crippen LogP contribution in [0.25, 0.3) is 0 Å². The molecular weight excluding hydrogens is 224 g/mol. The summed E-state index contributed by atoms with van der Waals surface area (Å²) in [5.41, 5.74) is 0.397. The molecule has 0 amide bonds. The minimum Gasteiger partial charge on any atom is -0.381 e. The molecule has 3 fully saturated rings. The zero-order valence-corrected chi connectivity index (χ0v) is 11.8. The Labute approximate surface area is 111 Å². The van der Waals surface area contributed by atoms with E-state index in [1.165, 1.54) is 45.3 Å². The molecule has 3 heteroatoms. The molecule has 3 rings (SSSR count). The van der Waals surface area contributed by atoms with Gasteiger partial charge in [0, 0.05) is 38.2 Å². The van der Waals surface area contributed by atoms with Crippen LogP contribution in [0.15, 0.2) is 0 Å². The molecule has 2 aliphatic heterocycles. The van der Waals surface area contributed by atoms with E-state index in [-0.39, 0.29) is 0 Å². The van der Waals surface area contributed by atoms with E-state index in [1.807, 2.05) is 0 Å². The first-order valence-electron chi connectivity index (χ1n) is 7.82. The van der Waals surface area contributed by atoms with Crippen LogP contribution in [0.1, 0.15) is 32.6 Å². The molecule has 0 radical (unpaired) electrons. The van der Waals surface area contributed by atoms with Crippen molar-refractivity contribution in [2.45, 2.75) is 32.6 Å². The number of ether oxygens (including phenoxy) is 1. The van der Waals surface area contributed by atoms with Gasteiger partial charge < -0.3 is 15.0 Å². The summed E-state index contributed by atoms with van der Waals surface area (Å²) < 4.78 is 5.70. The minimum absolute atomic E-state index is 0.397. The molecule has 0 bridgehead atoms. The van der Waals surface area contributed by atoms with Crippen molar-refractivity contribution in [3.05, 3.63) is 0 Å². The summed E-state index contributed by atoms with van der Waals surface area (Å²) in [6.07, 6.45) is 5.69. The van der Waals surface area contributed by atoms with Crippen molar-refractivity contribution in [2.24, 2.45) is 17.3 Å². The molecule has 0 aromatic carbocycles. The highest BCUT2D eigenvalue weighted by Crippen LogP contribution is 2.39. The van der Waals surface area contributed by atoms with Gasteiger partial charge in [0.15, 0.2) is 0 Å². The predicted molar refractivity (Wildman–Crippen MR) is 73.7 cm³/mol. The van der Waals surface area contributed by atoms with Crippen molar-refractivity contribution in [2.75, 3.05) is 45.9 Å². The summed E-state index contributed by atoms with van der Waals surface area (Å²) in [5.74, 6) is 2.03. The van der Waals surface area contributed by atoms with Gasteiger partial charge in [0.25, 0.3) is 0 Å². The number of nitrogens with one attached hydrogen (secondary N) is 1. The Bertz CT molecular complexity index is 264. The van der Waals surface area contributed by atoms with E-state index in [2.05, 4.69) is 17.1 Å². The molecule has 0 spiro atoms. The third kappa shape index (κ3) is 2.59.